The monoisotopic (exact) mass is 374 g/mol. The van der Waals surface area contributed by atoms with Crippen LogP contribution in [0.4, 0.5) is 0 Å². The van der Waals surface area contributed by atoms with Crippen LogP contribution in [-0.4, -0.2) is 32.1 Å². The van der Waals surface area contributed by atoms with E-state index in [0.717, 1.165) is 41.5 Å². The Morgan fingerprint density at radius 3 is 3.04 bits per heavy atom. The van der Waals surface area contributed by atoms with E-state index in [1.165, 1.54) is 21.4 Å². The molecule has 2 aromatic heterocycles. The van der Waals surface area contributed by atoms with Crippen molar-refractivity contribution in [3.63, 3.8) is 0 Å². The maximum Gasteiger partial charge on any atom is 0.275 e. The van der Waals surface area contributed by atoms with Crippen LogP contribution in [0, 0.1) is 6.92 Å². The van der Waals surface area contributed by atoms with Gasteiger partial charge >= 0.3 is 0 Å². The fraction of sp³-hybridized carbons (Fsp3) is 0.389. The minimum atomic E-state index is -0.105. The van der Waals surface area contributed by atoms with Crippen molar-refractivity contribution in [2.45, 2.75) is 38.8 Å². The lowest BCUT2D eigenvalue weighted by molar-refractivity contribution is 0.241. The molecule has 5 nitrogen and oxygen atoms in total. The van der Waals surface area contributed by atoms with E-state index in [1.807, 2.05) is 25.1 Å². The van der Waals surface area contributed by atoms with Crippen LogP contribution in [0.25, 0.3) is 4.96 Å². The lowest BCUT2D eigenvalue weighted by atomic mass is 10.0. The molecule has 1 aliphatic heterocycles. The van der Waals surface area contributed by atoms with Crippen molar-refractivity contribution in [3.8, 4) is 0 Å². The third-order valence-corrected chi connectivity index (χ3v) is 5.87. The molecule has 0 saturated carbocycles. The summed E-state index contributed by atoms with van der Waals surface area (Å²) < 4.78 is 1.38. The van der Waals surface area contributed by atoms with Gasteiger partial charge in [-0.15, -0.1) is 0 Å². The minimum absolute atomic E-state index is 0.105. The highest BCUT2D eigenvalue weighted by molar-refractivity contribution is 7.16. The van der Waals surface area contributed by atoms with Crippen molar-refractivity contribution in [1.82, 2.24) is 19.5 Å². The summed E-state index contributed by atoms with van der Waals surface area (Å²) >= 11 is 7.77. The van der Waals surface area contributed by atoms with Crippen molar-refractivity contribution in [2.75, 3.05) is 6.54 Å². The predicted octanol–water partition coefficient (Wildman–Crippen LogP) is 3.32. The van der Waals surface area contributed by atoms with Gasteiger partial charge in [-0.3, -0.25) is 9.69 Å². The Morgan fingerprint density at radius 1 is 1.36 bits per heavy atom. The SMILES string of the molecule is Cc1nn2c(=O)cc(CN3CCCC3Cc3ccccc3Cl)nc2s1. The molecule has 0 spiro atoms. The summed E-state index contributed by atoms with van der Waals surface area (Å²) in [5, 5.41) is 5.87. The lowest BCUT2D eigenvalue weighted by Gasteiger charge is -2.24. The van der Waals surface area contributed by atoms with Crippen LogP contribution in [0.5, 0.6) is 0 Å². The van der Waals surface area contributed by atoms with Crippen LogP contribution in [-0.2, 0) is 13.0 Å². The number of aryl methyl sites for hydroxylation is 1. The number of likely N-dealkylation sites (tertiary alicyclic amines) is 1. The molecule has 0 bridgehead atoms. The van der Waals surface area contributed by atoms with E-state index < -0.39 is 0 Å². The van der Waals surface area contributed by atoms with E-state index in [9.17, 15) is 4.79 Å². The third-order valence-electron chi connectivity index (χ3n) is 4.68. The summed E-state index contributed by atoms with van der Waals surface area (Å²) in [6.07, 6.45) is 3.24. The van der Waals surface area contributed by atoms with E-state index in [1.54, 1.807) is 6.07 Å². The van der Waals surface area contributed by atoms with Crippen LogP contribution in [0.1, 0.15) is 29.1 Å². The Kier molecular flexibility index (Phi) is 4.58. The van der Waals surface area contributed by atoms with Crippen LogP contribution in [0.2, 0.25) is 5.02 Å². The second kappa shape index (κ2) is 6.86. The topological polar surface area (TPSA) is 50.5 Å². The summed E-state index contributed by atoms with van der Waals surface area (Å²) in [6.45, 7) is 3.61. The zero-order valence-electron chi connectivity index (χ0n) is 14.0. The van der Waals surface area contributed by atoms with Crippen LogP contribution in [0.15, 0.2) is 35.1 Å². The fourth-order valence-corrected chi connectivity index (χ4v) is 4.47. The number of benzene rings is 1. The number of nitrogens with zero attached hydrogens (tertiary/aromatic N) is 4. The molecule has 1 fully saturated rings. The van der Waals surface area contributed by atoms with Gasteiger partial charge in [-0.25, -0.2) is 4.98 Å². The van der Waals surface area contributed by atoms with Gasteiger partial charge in [0.25, 0.3) is 5.56 Å². The number of halogens is 1. The van der Waals surface area contributed by atoms with Crippen LogP contribution < -0.4 is 5.56 Å². The molecule has 1 atom stereocenters. The third kappa shape index (κ3) is 3.47. The molecular weight excluding hydrogens is 356 g/mol. The second-order valence-corrected chi connectivity index (χ2v) is 8.03. The molecule has 0 radical (unpaired) electrons. The molecule has 1 aromatic carbocycles. The van der Waals surface area contributed by atoms with Gasteiger partial charge in [-0.05, 0) is 44.4 Å². The zero-order chi connectivity index (χ0) is 17.4. The first-order chi connectivity index (χ1) is 12.1. The summed E-state index contributed by atoms with van der Waals surface area (Å²) in [4.78, 5) is 19.9. The van der Waals surface area contributed by atoms with Gasteiger partial charge in [0.1, 0.15) is 5.01 Å². The average Bonchev–Trinajstić information content (AvgIpc) is 3.16. The number of fused-ring (bicyclic) bond motifs is 1. The molecule has 25 heavy (non-hydrogen) atoms. The molecule has 1 saturated heterocycles. The van der Waals surface area contributed by atoms with Crippen molar-refractivity contribution in [3.05, 3.63) is 62.0 Å². The number of hydrogen-bond donors (Lipinski definition) is 0. The molecule has 0 amide bonds. The molecule has 4 rings (SSSR count). The van der Waals surface area contributed by atoms with Crippen molar-refractivity contribution in [2.24, 2.45) is 0 Å². The maximum atomic E-state index is 12.2. The van der Waals surface area contributed by atoms with Gasteiger partial charge in [0.15, 0.2) is 0 Å². The minimum Gasteiger partial charge on any atom is -0.294 e. The molecule has 0 aliphatic carbocycles. The van der Waals surface area contributed by atoms with E-state index in [0.29, 0.717) is 17.5 Å². The number of hydrogen-bond acceptors (Lipinski definition) is 5. The van der Waals surface area contributed by atoms with E-state index in [-0.39, 0.29) is 5.56 Å². The second-order valence-electron chi connectivity index (χ2n) is 6.46. The fourth-order valence-electron chi connectivity index (χ4n) is 3.49. The van der Waals surface area contributed by atoms with Gasteiger partial charge in [-0.1, -0.05) is 41.1 Å². The molecule has 1 aliphatic rings. The normalized spacial score (nSPS) is 18.2. The summed E-state index contributed by atoms with van der Waals surface area (Å²) in [5.74, 6) is 0. The van der Waals surface area contributed by atoms with Crippen LogP contribution in [0.3, 0.4) is 0 Å². The van der Waals surface area contributed by atoms with Gasteiger partial charge in [0.2, 0.25) is 4.96 Å². The summed E-state index contributed by atoms with van der Waals surface area (Å²) in [6, 6.07) is 10.1. The molecule has 0 N–H and O–H groups in total. The predicted molar refractivity (Wildman–Crippen MR) is 100 cm³/mol. The first-order valence-electron chi connectivity index (χ1n) is 8.44. The highest BCUT2D eigenvalue weighted by atomic mass is 35.5. The number of aromatic nitrogens is 3. The van der Waals surface area contributed by atoms with E-state index in [4.69, 9.17) is 11.6 Å². The van der Waals surface area contributed by atoms with Crippen molar-refractivity contribution < 1.29 is 0 Å². The highest BCUT2D eigenvalue weighted by Crippen LogP contribution is 2.26. The Bertz CT molecular complexity index is 967. The molecule has 1 unspecified atom stereocenters. The Morgan fingerprint density at radius 2 is 2.20 bits per heavy atom. The first-order valence-corrected chi connectivity index (χ1v) is 9.63. The maximum absolute atomic E-state index is 12.2. The number of rotatable bonds is 4. The van der Waals surface area contributed by atoms with E-state index in [2.05, 4.69) is 21.0 Å². The Balaban J connectivity index is 1.55. The Hall–Kier alpha value is -1.76. The van der Waals surface area contributed by atoms with Crippen molar-refractivity contribution >= 4 is 27.9 Å². The Labute approximate surface area is 154 Å². The van der Waals surface area contributed by atoms with E-state index >= 15 is 0 Å². The van der Waals surface area contributed by atoms with Crippen molar-refractivity contribution in [1.29, 1.82) is 0 Å². The smallest absolute Gasteiger partial charge is 0.275 e. The van der Waals surface area contributed by atoms with Gasteiger partial charge in [0, 0.05) is 23.7 Å². The molecular formula is C18H19ClN4OS. The van der Waals surface area contributed by atoms with Gasteiger partial charge in [0.05, 0.1) is 5.69 Å². The lowest BCUT2D eigenvalue weighted by Crippen LogP contribution is -2.31. The molecule has 3 heterocycles. The largest absolute Gasteiger partial charge is 0.294 e. The molecule has 3 aromatic rings. The van der Waals surface area contributed by atoms with Crippen LogP contribution >= 0.6 is 22.9 Å². The molecule has 7 heteroatoms. The van der Waals surface area contributed by atoms with Gasteiger partial charge < -0.3 is 0 Å². The quantitative estimate of drug-likeness (QED) is 0.703. The standard InChI is InChI=1S/C18H19ClN4OS/c1-12-21-23-17(24)10-14(20-18(23)25-12)11-22-8-4-6-15(22)9-13-5-2-3-7-16(13)19/h2-3,5,7,10,15H,4,6,8-9,11H2,1H3. The van der Waals surface area contributed by atoms with Gasteiger partial charge in [-0.2, -0.15) is 9.61 Å². The summed E-state index contributed by atoms with van der Waals surface area (Å²) in [7, 11) is 0. The first kappa shape index (κ1) is 16.7. The zero-order valence-corrected chi connectivity index (χ0v) is 15.6. The summed E-state index contributed by atoms with van der Waals surface area (Å²) in [5.41, 5.74) is 1.90. The highest BCUT2D eigenvalue weighted by Gasteiger charge is 2.26. The average molecular weight is 375 g/mol. The molecule has 130 valence electrons.